The molecule has 5 heteroatoms. The summed E-state index contributed by atoms with van der Waals surface area (Å²) >= 11 is 9.09. The summed E-state index contributed by atoms with van der Waals surface area (Å²) in [7, 11) is 0. The number of hydrogen-bond donors (Lipinski definition) is 2. The average Bonchev–Trinajstić information content (AvgIpc) is 2.07. The molecule has 0 atom stereocenters. The third-order valence-corrected chi connectivity index (χ3v) is 2.00. The van der Waals surface area contributed by atoms with Crippen molar-refractivity contribution in [3.63, 3.8) is 0 Å². The van der Waals surface area contributed by atoms with E-state index in [9.17, 15) is 0 Å². The molecule has 12 heavy (non-hydrogen) atoms. The zero-order valence-corrected chi connectivity index (χ0v) is 8.69. The summed E-state index contributed by atoms with van der Waals surface area (Å²) in [4.78, 5) is 3.95. The summed E-state index contributed by atoms with van der Waals surface area (Å²) in [5.74, 6) is 0. The number of halogens is 2. The Morgan fingerprint density at radius 2 is 2.42 bits per heavy atom. The topological polar surface area (TPSA) is 50.9 Å². The van der Waals surface area contributed by atoms with Gasteiger partial charge in [-0.05, 0) is 22.0 Å². The second-order valence-corrected chi connectivity index (χ2v) is 3.48. The maximum atomic E-state index is 5.80. The first-order chi connectivity index (χ1) is 5.74. The molecular weight excluding hydrogens is 241 g/mol. The quantitative estimate of drug-likeness (QED) is 0.805. The molecule has 0 aliphatic rings. The van der Waals surface area contributed by atoms with Crippen LogP contribution in [0.25, 0.3) is 0 Å². The summed E-state index contributed by atoms with van der Waals surface area (Å²) < 4.78 is 0.895. The van der Waals surface area contributed by atoms with Gasteiger partial charge in [-0.1, -0.05) is 11.6 Å². The zero-order valence-electron chi connectivity index (χ0n) is 6.35. The molecule has 0 fully saturated rings. The summed E-state index contributed by atoms with van der Waals surface area (Å²) in [5.41, 5.74) is 6.13. The third-order valence-electron chi connectivity index (χ3n) is 1.27. The van der Waals surface area contributed by atoms with Gasteiger partial charge in [0, 0.05) is 23.8 Å². The van der Waals surface area contributed by atoms with E-state index >= 15 is 0 Å². The van der Waals surface area contributed by atoms with Gasteiger partial charge in [-0.3, -0.25) is 0 Å². The summed E-state index contributed by atoms with van der Waals surface area (Å²) in [6.45, 7) is 1.26. The first-order valence-electron chi connectivity index (χ1n) is 3.49. The lowest BCUT2D eigenvalue weighted by Crippen LogP contribution is -2.13. The Hall–Kier alpha value is -0.320. The molecule has 1 heterocycles. The molecule has 0 aliphatic carbocycles. The predicted molar refractivity (Wildman–Crippen MR) is 54.5 cm³/mol. The van der Waals surface area contributed by atoms with Gasteiger partial charge in [-0.15, -0.1) is 0 Å². The Labute approximate surface area is 84.4 Å². The van der Waals surface area contributed by atoms with Gasteiger partial charge < -0.3 is 11.1 Å². The number of nitrogens with two attached hydrogens (primary N) is 1. The van der Waals surface area contributed by atoms with Crippen molar-refractivity contribution in [3.05, 3.63) is 21.9 Å². The first-order valence-corrected chi connectivity index (χ1v) is 4.66. The molecule has 3 N–H and O–H groups in total. The number of nitrogens with one attached hydrogen (secondary N) is 1. The molecule has 0 spiro atoms. The maximum Gasteiger partial charge on any atom is 0.152 e. The predicted octanol–water partition coefficient (Wildman–Crippen LogP) is 1.87. The van der Waals surface area contributed by atoms with Crippen molar-refractivity contribution in [1.29, 1.82) is 0 Å². The second kappa shape index (κ2) is 4.64. The van der Waals surface area contributed by atoms with Crippen molar-refractivity contribution < 1.29 is 0 Å². The van der Waals surface area contributed by atoms with Gasteiger partial charge in [0.25, 0.3) is 0 Å². The minimum absolute atomic E-state index is 0.464. The molecule has 0 saturated carbocycles. The van der Waals surface area contributed by atoms with Crippen LogP contribution in [-0.4, -0.2) is 18.1 Å². The Balaban J connectivity index is 2.75. The lowest BCUT2D eigenvalue weighted by Gasteiger charge is -2.05. The highest BCUT2D eigenvalue weighted by Crippen LogP contribution is 2.22. The number of hydrogen-bond acceptors (Lipinski definition) is 3. The van der Waals surface area contributed by atoms with E-state index in [-0.39, 0.29) is 0 Å². The van der Waals surface area contributed by atoms with Crippen molar-refractivity contribution in [2.24, 2.45) is 5.73 Å². The van der Waals surface area contributed by atoms with Gasteiger partial charge in [-0.2, -0.15) is 0 Å². The van der Waals surface area contributed by atoms with Crippen molar-refractivity contribution >= 4 is 33.2 Å². The van der Waals surface area contributed by atoms with Crippen LogP contribution >= 0.6 is 27.5 Å². The highest BCUT2D eigenvalue weighted by Gasteiger charge is 2.00. The smallest absolute Gasteiger partial charge is 0.152 e. The molecule has 1 aromatic rings. The second-order valence-electron chi connectivity index (χ2n) is 2.21. The van der Waals surface area contributed by atoms with Crippen LogP contribution in [0.15, 0.2) is 16.7 Å². The van der Waals surface area contributed by atoms with E-state index in [0.29, 0.717) is 18.2 Å². The summed E-state index contributed by atoms with van der Waals surface area (Å²) in [6.07, 6.45) is 1.65. The Kier molecular flexibility index (Phi) is 3.78. The molecule has 3 nitrogen and oxygen atoms in total. The van der Waals surface area contributed by atoms with Crippen LogP contribution in [0.5, 0.6) is 0 Å². The monoisotopic (exact) mass is 249 g/mol. The first kappa shape index (κ1) is 9.77. The van der Waals surface area contributed by atoms with Crippen molar-refractivity contribution in [3.8, 4) is 0 Å². The molecule has 1 rings (SSSR count). The normalized spacial score (nSPS) is 9.92. The lowest BCUT2D eigenvalue weighted by atomic mass is 10.4. The maximum absolute atomic E-state index is 5.80. The largest absolute Gasteiger partial charge is 0.381 e. The van der Waals surface area contributed by atoms with Gasteiger partial charge in [0.05, 0.1) is 5.69 Å². The molecule has 0 aromatic carbocycles. The summed E-state index contributed by atoms with van der Waals surface area (Å²) in [6, 6.07) is 1.87. The van der Waals surface area contributed by atoms with Crippen molar-refractivity contribution in [2.45, 2.75) is 0 Å². The number of rotatable bonds is 3. The van der Waals surface area contributed by atoms with Crippen molar-refractivity contribution in [1.82, 2.24) is 4.98 Å². The molecule has 0 unspecified atom stereocenters. The number of nitrogens with zero attached hydrogens (tertiary/aromatic N) is 1. The lowest BCUT2D eigenvalue weighted by molar-refractivity contribution is 1.02. The van der Waals surface area contributed by atoms with Crippen LogP contribution in [0.3, 0.4) is 0 Å². The third kappa shape index (κ3) is 2.62. The molecule has 0 aliphatic heterocycles. The molecule has 0 radical (unpaired) electrons. The minimum atomic E-state index is 0.464. The fourth-order valence-corrected chi connectivity index (χ4v) is 1.25. The van der Waals surface area contributed by atoms with Gasteiger partial charge >= 0.3 is 0 Å². The van der Waals surface area contributed by atoms with E-state index in [2.05, 4.69) is 26.2 Å². The van der Waals surface area contributed by atoms with Gasteiger partial charge in [0.15, 0.2) is 5.15 Å². The van der Waals surface area contributed by atoms with E-state index in [1.165, 1.54) is 0 Å². The van der Waals surface area contributed by atoms with E-state index in [0.717, 1.165) is 10.2 Å². The van der Waals surface area contributed by atoms with Crippen LogP contribution < -0.4 is 11.1 Å². The van der Waals surface area contributed by atoms with Crippen LogP contribution in [0.4, 0.5) is 5.69 Å². The highest BCUT2D eigenvalue weighted by atomic mass is 79.9. The van der Waals surface area contributed by atoms with Gasteiger partial charge in [0.2, 0.25) is 0 Å². The number of pyridine rings is 1. The van der Waals surface area contributed by atoms with E-state index in [1.54, 1.807) is 6.20 Å². The molecule has 1 aromatic heterocycles. The fraction of sp³-hybridized carbons (Fsp3) is 0.286. The Morgan fingerprint density at radius 1 is 1.67 bits per heavy atom. The molecule has 0 bridgehead atoms. The van der Waals surface area contributed by atoms with Crippen LogP contribution in [0, 0.1) is 0 Å². The standard InChI is InChI=1S/C7H9BrClN3/c8-5-3-6(11-2-1-10)7(9)12-4-5/h3-4,11H,1-2,10H2. The summed E-state index contributed by atoms with van der Waals surface area (Å²) in [5, 5.41) is 3.52. The van der Waals surface area contributed by atoms with Crippen LogP contribution in [-0.2, 0) is 0 Å². The van der Waals surface area contributed by atoms with E-state index in [4.69, 9.17) is 17.3 Å². The zero-order chi connectivity index (χ0) is 8.97. The van der Waals surface area contributed by atoms with Crippen molar-refractivity contribution in [2.75, 3.05) is 18.4 Å². The van der Waals surface area contributed by atoms with Crippen LogP contribution in [0.2, 0.25) is 5.15 Å². The SMILES string of the molecule is NCCNc1cc(Br)cnc1Cl. The Morgan fingerprint density at radius 3 is 3.08 bits per heavy atom. The molecular formula is C7H9BrClN3. The van der Waals surface area contributed by atoms with Gasteiger partial charge in [0.1, 0.15) is 0 Å². The molecule has 0 saturated heterocycles. The number of anilines is 1. The fourth-order valence-electron chi connectivity index (χ4n) is 0.753. The minimum Gasteiger partial charge on any atom is -0.381 e. The Bertz CT molecular complexity index is 267. The van der Waals surface area contributed by atoms with Crippen LogP contribution in [0.1, 0.15) is 0 Å². The molecule has 0 amide bonds. The highest BCUT2D eigenvalue weighted by molar-refractivity contribution is 9.10. The average molecular weight is 251 g/mol. The molecule has 66 valence electrons. The number of aromatic nitrogens is 1. The van der Waals surface area contributed by atoms with E-state index < -0.39 is 0 Å². The van der Waals surface area contributed by atoms with Gasteiger partial charge in [-0.25, -0.2) is 4.98 Å². The van der Waals surface area contributed by atoms with E-state index in [1.807, 2.05) is 6.07 Å².